The predicted octanol–water partition coefficient (Wildman–Crippen LogP) is 1.08. The summed E-state index contributed by atoms with van der Waals surface area (Å²) in [5.41, 5.74) is 0.287. The van der Waals surface area contributed by atoms with Crippen LogP contribution in [0.2, 0.25) is 0 Å². The van der Waals surface area contributed by atoms with E-state index in [0.29, 0.717) is 5.56 Å². The van der Waals surface area contributed by atoms with Crippen LogP contribution in [0.3, 0.4) is 0 Å². The molecule has 0 saturated heterocycles. The lowest BCUT2D eigenvalue weighted by Crippen LogP contribution is -2.00. The maximum atomic E-state index is 10.3. The number of nitrogens with zero attached hydrogens (tertiary/aromatic N) is 1. The summed E-state index contributed by atoms with van der Waals surface area (Å²) < 4.78 is 24.7. The Hall–Kier alpha value is -1.47. The molecule has 0 N–H and O–H groups in total. The van der Waals surface area contributed by atoms with E-state index in [2.05, 4.69) is 4.18 Å². The van der Waals surface area contributed by atoms with Crippen LogP contribution in [0.15, 0.2) is 18.2 Å². The van der Waals surface area contributed by atoms with Gasteiger partial charge in [-0.2, -0.15) is 0 Å². The second-order valence-electron chi connectivity index (χ2n) is 2.49. The Labute approximate surface area is 82.1 Å². The fourth-order valence-corrected chi connectivity index (χ4v) is 1.25. The van der Waals surface area contributed by atoms with Crippen molar-refractivity contribution in [3.8, 4) is 5.75 Å². The molecule has 1 unspecified atom stereocenters. The Bertz CT molecular complexity index is 392. The number of rotatable bonds is 3. The summed E-state index contributed by atoms with van der Waals surface area (Å²) in [6, 6.07) is 3.65. The molecular weight excluding hydrogens is 210 g/mol. The molecule has 1 aromatic carbocycles. The largest absolute Gasteiger partial charge is 0.740 e. The lowest BCUT2D eigenvalue weighted by molar-refractivity contribution is -0.384. The fraction of sp³-hybridized carbons (Fsp3) is 0.143. The third-order valence-corrected chi connectivity index (χ3v) is 1.84. The van der Waals surface area contributed by atoms with E-state index in [9.17, 15) is 18.9 Å². The van der Waals surface area contributed by atoms with Crippen LogP contribution in [0, 0.1) is 17.0 Å². The molecule has 0 aliphatic heterocycles. The van der Waals surface area contributed by atoms with Gasteiger partial charge in [-0.1, -0.05) is 0 Å². The van der Waals surface area contributed by atoms with Gasteiger partial charge in [0.2, 0.25) is 0 Å². The van der Waals surface area contributed by atoms with E-state index in [-0.39, 0.29) is 11.4 Å². The van der Waals surface area contributed by atoms with Crippen LogP contribution < -0.4 is 4.18 Å². The van der Waals surface area contributed by atoms with Gasteiger partial charge < -0.3 is 8.74 Å². The fourth-order valence-electron chi connectivity index (χ4n) is 0.914. The summed E-state index contributed by atoms with van der Waals surface area (Å²) in [6.45, 7) is 1.52. The van der Waals surface area contributed by atoms with Crippen LogP contribution in [0.25, 0.3) is 0 Å². The summed E-state index contributed by atoms with van der Waals surface area (Å²) in [7, 11) is 0. The number of hydrogen-bond donors (Lipinski definition) is 0. The van der Waals surface area contributed by atoms with Crippen LogP contribution in [0.5, 0.6) is 5.75 Å². The molecule has 0 spiro atoms. The van der Waals surface area contributed by atoms with Crippen molar-refractivity contribution < 1.29 is 17.9 Å². The van der Waals surface area contributed by atoms with Gasteiger partial charge in [0.1, 0.15) is 17.1 Å². The van der Waals surface area contributed by atoms with Crippen molar-refractivity contribution in [1.29, 1.82) is 0 Å². The van der Waals surface area contributed by atoms with Crippen molar-refractivity contribution in [3.05, 3.63) is 33.9 Å². The molecule has 1 aromatic rings. The number of non-ortho nitro benzene ring substituents is 1. The molecule has 0 aliphatic rings. The molecule has 14 heavy (non-hydrogen) atoms. The lowest BCUT2D eigenvalue weighted by atomic mass is 10.2. The minimum Gasteiger partial charge on any atom is -0.740 e. The van der Waals surface area contributed by atoms with Crippen LogP contribution in [-0.2, 0) is 11.4 Å². The SMILES string of the molecule is Cc1cc([N+](=O)[O-])ccc1OS(=O)[O-]. The number of nitro groups is 1. The average Bonchev–Trinajstić information content (AvgIpc) is 2.07. The molecule has 76 valence electrons. The molecule has 0 aromatic heterocycles. The third-order valence-electron chi connectivity index (χ3n) is 1.53. The summed E-state index contributed by atoms with van der Waals surface area (Å²) in [4.78, 5) is 9.77. The van der Waals surface area contributed by atoms with Crippen molar-refractivity contribution >= 4 is 17.0 Å². The first-order chi connectivity index (χ1) is 6.50. The molecule has 0 aliphatic carbocycles. The van der Waals surface area contributed by atoms with E-state index in [1.54, 1.807) is 0 Å². The van der Waals surface area contributed by atoms with Gasteiger partial charge in [-0.3, -0.25) is 10.1 Å². The van der Waals surface area contributed by atoms with Crippen molar-refractivity contribution in [2.24, 2.45) is 0 Å². The van der Waals surface area contributed by atoms with Crippen LogP contribution in [0.4, 0.5) is 5.69 Å². The average molecular weight is 216 g/mol. The molecule has 0 amide bonds. The molecule has 7 heteroatoms. The molecule has 0 radical (unpaired) electrons. The zero-order chi connectivity index (χ0) is 10.7. The quantitative estimate of drug-likeness (QED) is 0.428. The van der Waals surface area contributed by atoms with Gasteiger partial charge in [-0.15, -0.1) is 0 Å². The monoisotopic (exact) mass is 216 g/mol. The Morgan fingerprint density at radius 2 is 2.14 bits per heavy atom. The first-order valence-corrected chi connectivity index (χ1v) is 4.53. The maximum Gasteiger partial charge on any atom is 0.269 e. The smallest absolute Gasteiger partial charge is 0.269 e. The minimum absolute atomic E-state index is 0.0870. The number of benzene rings is 1. The first kappa shape index (κ1) is 10.6. The van der Waals surface area contributed by atoms with Crippen molar-refractivity contribution in [2.45, 2.75) is 6.92 Å². The van der Waals surface area contributed by atoms with Gasteiger partial charge in [0.05, 0.1) is 4.92 Å². The summed E-state index contributed by atoms with van der Waals surface area (Å²) in [5, 5.41) is 10.3. The normalized spacial score (nSPS) is 12.1. The van der Waals surface area contributed by atoms with Gasteiger partial charge >= 0.3 is 0 Å². The summed E-state index contributed by atoms with van der Waals surface area (Å²) in [6.07, 6.45) is 0. The highest BCUT2D eigenvalue weighted by Crippen LogP contribution is 2.23. The molecule has 0 fully saturated rings. The first-order valence-electron chi connectivity index (χ1n) is 3.53. The van der Waals surface area contributed by atoms with Gasteiger partial charge in [-0.25, -0.2) is 4.21 Å². The molecule has 6 nitrogen and oxygen atoms in total. The molecule has 0 bridgehead atoms. The maximum absolute atomic E-state index is 10.3. The van der Waals surface area contributed by atoms with E-state index in [1.807, 2.05) is 0 Å². The number of hydrogen-bond acceptors (Lipinski definition) is 5. The lowest BCUT2D eigenvalue weighted by Gasteiger charge is -2.08. The van der Waals surface area contributed by atoms with Crippen molar-refractivity contribution in [1.82, 2.24) is 0 Å². The van der Waals surface area contributed by atoms with E-state index >= 15 is 0 Å². The Morgan fingerprint density at radius 3 is 2.57 bits per heavy atom. The van der Waals surface area contributed by atoms with E-state index < -0.39 is 16.3 Å². The predicted molar refractivity (Wildman–Crippen MR) is 47.4 cm³/mol. The standard InChI is InChI=1S/C7H7NO5S/c1-5-4-6(8(9)10)2-3-7(5)13-14(11)12/h2-4H,1H3,(H,11,12)/p-1. The molecule has 0 heterocycles. The molecule has 1 rings (SSSR count). The van der Waals surface area contributed by atoms with Gasteiger partial charge in [0.25, 0.3) is 5.69 Å². The second kappa shape index (κ2) is 4.16. The highest BCUT2D eigenvalue weighted by Gasteiger charge is 2.08. The summed E-state index contributed by atoms with van der Waals surface area (Å²) in [5.74, 6) is 0.0870. The second-order valence-corrected chi connectivity index (χ2v) is 3.07. The van der Waals surface area contributed by atoms with E-state index in [0.717, 1.165) is 0 Å². The molecule has 1 atom stereocenters. The third kappa shape index (κ3) is 2.51. The number of aryl methyl sites for hydroxylation is 1. The zero-order valence-electron chi connectivity index (χ0n) is 7.13. The zero-order valence-corrected chi connectivity index (χ0v) is 7.95. The Balaban J connectivity index is 3.01. The Morgan fingerprint density at radius 1 is 1.50 bits per heavy atom. The molecule has 0 saturated carbocycles. The summed E-state index contributed by atoms with van der Waals surface area (Å²) >= 11 is -2.66. The van der Waals surface area contributed by atoms with Crippen LogP contribution >= 0.6 is 0 Å². The molecular formula is C7H6NO5S-. The van der Waals surface area contributed by atoms with E-state index in [4.69, 9.17) is 0 Å². The topological polar surface area (TPSA) is 92.5 Å². The Kier molecular flexibility index (Phi) is 3.15. The van der Waals surface area contributed by atoms with Crippen molar-refractivity contribution in [2.75, 3.05) is 0 Å². The van der Waals surface area contributed by atoms with Gasteiger partial charge in [-0.05, 0) is 18.6 Å². The van der Waals surface area contributed by atoms with Gasteiger partial charge in [0, 0.05) is 12.1 Å². The minimum atomic E-state index is -2.66. The van der Waals surface area contributed by atoms with Crippen LogP contribution in [-0.4, -0.2) is 13.7 Å². The number of nitro benzene ring substituents is 1. The van der Waals surface area contributed by atoms with Crippen LogP contribution in [0.1, 0.15) is 5.56 Å². The highest BCUT2D eigenvalue weighted by atomic mass is 32.2. The highest BCUT2D eigenvalue weighted by molar-refractivity contribution is 7.74. The van der Waals surface area contributed by atoms with E-state index in [1.165, 1.54) is 25.1 Å². The van der Waals surface area contributed by atoms with Crippen molar-refractivity contribution in [3.63, 3.8) is 0 Å². The van der Waals surface area contributed by atoms with Gasteiger partial charge in [0.15, 0.2) is 0 Å².